The van der Waals surface area contributed by atoms with Gasteiger partial charge in [0.05, 0.1) is 16.0 Å². The van der Waals surface area contributed by atoms with Crippen molar-refractivity contribution in [1.29, 1.82) is 0 Å². The number of sulfone groups is 1. The van der Waals surface area contributed by atoms with Gasteiger partial charge in [0.1, 0.15) is 11.6 Å². The molecule has 0 radical (unpaired) electrons. The van der Waals surface area contributed by atoms with Gasteiger partial charge in [0, 0.05) is 11.6 Å². The molecule has 1 aliphatic heterocycles. The number of hydrogen-bond acceptors (Lipinski definition) is 3. The minimum atomic E-state index is -3.07. The van der Waals surface area contributed by atoms with E-state index in [4.69, 9.17) is 0 Å². The van der Waals surface area contributed by atoms with E-state index in [-0.39, 0.29) is 27.5 Å². The molecule has 1 heterocycles. The maximum atomic E-state index is 14.2. The molecule has 1 fully saturated rings. The van der Waals surface area contributed by atoms with E-state index >= 15 is 0 Å². The molecule has 1 aromatic carbocycles. The average molecular weight is 382 g/mol. The van der Waals surface area contributed by atoms with Crippen molar-refractivity contribution in [1.82, 2.24) is 5.32 Å². The van der Waals surface area contributed by atoms with Gasteiger partial charge in [0.15, 0.2) is 9.84 Å². The lowest BCUT2D eigenvalue weighted by atomic mass is 9.92. The summed E-state index contributed by atoms with van der Waals surface area (Å²) in [4.78, 5) is 0. The molecule has 1 aliphatic rings. The van der Waals surface area contributed by atoms with E-state index in [1.54, 1.807) is 0 Å². The molecule has 7 heteroatoms. The predicted octanol–water partition coefficient (Wildman–Crippen LogP) is 3.20. The van der Waals surface area contributed by atoms with E-state index < -0.39 is 27.5 Å². The highest BCUT2D eigenvalue weighted by Gasteiger charge is 2.35. The fraction of sp³-hybridized carbons (Fsp3) is 0.571. The summed E-state index contributed by atoms with van der Waals surface area (Å²) in [5.74, 6) is -1.16. The zero-order valence-electron chi connectivity index (χ0n) is 11.7. The topological polar surface area (TPSA) is 46.2 Å². The van der Waals surface area contributed by atoms with Crippen molar-refractivity contribution in [2.24, 2.45) is 5.92 Å². The lowest BCUT2D eigenvalue weighted by Gasteiger charge is -2.25. The zero-order chi connectivity index (χ0) is 15.6. The van der Waals surface area contributed by atoms with Gasteiger partial charge in [-0.3, -0.25) is 0 Å². The SMILES string of the molecule is CCCNC(c1cc(F)c(Br)cc1F)C1CCS(=O)(=O)C1. The smallest absolute Gasteiger partial charge is 0.150 e. The van der Waals surface area contributed by atoms with Gasteiger partial charge in [-0.05, 0) is 53.4 Å². The highest BCUT2D eigenvalue weighted by molar-refractivity contribution is 9.10. The molecule has 118 valence electrons. The Hall–Kier alpha value is -0.530. The summed E-state index contributed by atoms with van der Waals surface area (Å²) in [6.45, 7) is 2.59. The van der Waals surface area contributed by atoms with E-state index in [1.807, 2.05) is 6.92 Å². The van der Waals surface area contributed by atoms with Gasteiger partial charge >= 0.3 is 0 Å². The molecular weight excluding hydrogens is 364 g/mol. The maximum Gasteiger partial charge on any atom is 0.150 e. The number of hydrogen-bond donors (Lipinski definition) is 1. The first-order valence-corrected chi connectivity index (χ1v) is 9.53. The van der Waals surface area contributed by atoms with Gasteiger partial charge in [-0.25, -0.2) is 17.2 Å². The Morgan fingerprint density at radius 2 is 2.10 bits per heavy atom. The van der Waals surface area contributed by atoms with Crippen LogP contribution in [0, 0.1) is 17.6 Å². The van der Waals surface area contributed by atoms with Gasteiger partial charge in [-0.15, -0.1) is 0 Å². The summed E-state index contributed by atoms with van der Waals surface area (Å²) in [5, 5.41) is 3.17. The molecule has 0 saturated carbocycles. The van der Waals surface area contributed by atoms with Crippen LogP contribution in [0.4, 0.5) is 8.78 Å². The Morgan fingerprint density at radius 1 is 1.38 bits per heavy atom. The third-order valence-electron chi connectivity index (χ3n) is 3.73. The number of halogens is 3. The maximum absolute atomic E-state index is 14.2. The first-order chi connectivity index (χ1) is 9.84. The van der Waals surface area contributed by atoms with Crippen molar-refractivity contribution < 1.29 is 17.2 Å². The number of nitrogens with one attached hydrogen (secondary N) is 1. The third-order valence-corrected chi connectivity index (χ3v) is 6.13. The molecule has 0 spiro atoms. The molecule has 0 aliphatic carbocycles. The Bertz CT molecular complexity index is 622. The van der Waals surface area contributed by atoms with Crippen molar-refractivity contribution >= 4 is 25.8 Å². The highest BCUT2D eigenvalue weighted by Crippen LogP contribution is 2.34. The van der Waals surface area contributed by atoms with E-state index in [1.165, 1.54) is 0 Å². The van der Waals surface area contributed by atoms with Gasteiger partial charge in [-0.2, -0.15) is 0 Å². The van der Waals surface area contributed by atoms with Crippen LogP contribution in [0.5, 0.6) is 0 Å². The molecule has 2 atom stereocenters. The van der Waals surface area contributed by atoms with Gasteiger partial charge in [0.2, 0.25) is 0 Å². The van der Waals surface area contributed by atoms with Crippen molar-refractivity contribution in [3.8, 4) is 0 Å². The lowest BCUT2D eigenvalue weighted by Crippen LogP contribution is -2.30. The number of rotatable bonds is 5. The largest absolute Gasteiger partial charge is 0.310 e. The molecule has 21 heavy (non-hydrogen) atoms. The Balaban J connectivity index is 2.34. The van der Waals surface area contributed by atoms with Crippen molar-refractivity contribution in [2.45, 2.75) is 25.8 Å². The second kappa shape index (κ2) is 6.71. The van der Waals surface area contributed by atoms with Crippen LogP contribution < -0.4 is 5.32 Å². The molecule has 3 nitrogen and oxygen atoms in total. The summed E-state index contributed by atoms with van der Waals surface area (Å²) in [6, 6.07) is 1.76. The standard InChI is InChI=1S/C14H18BrF2NO2S/c1-2-4-18-14(9-3-5-21(19,20)8-9)10-6-13(17)11(15)7-12(10)16/h6-7,9,14,18H,2-5,8H2,1H3. The van der Waals surface area contributed by atoms with Crippen LogP contribution in [0.2, 0.25) is 0 Å². The fourth-order valence-electron chi connectivity index (χ4n) is 2.69. The quantitative estimate of drug-likeness (QED) is 0.796. The lowest BCUT2D eigenvalue weighted by molar-refractivity contribution is 0.378. The third kappa shape index (κ3) is 4.02. The fourth-order valence-corrected chi connectivity index (χ4v) is 4.85. The molecule has 0 bridgehead atoms. The Morgan fingerprint density at radius 3 is 2.67 bits per heavy atom. The van der Waals surface area contributed by atoms with E-state index in [2.05, 4.69) is 21.2 Å². The summed E-state index contributed by atoms with van der Waals surface area (Å²) in [5.41, 5.74) is 0.200. The zero-order valence-corrected chi connectivity index (χ0v) is 14.1. The minimum Gasteiger partial charge on any atom is -0.310 e. The molecule has 1 aromatic rings. The molecule has 1 saturated heterocycles. The second-order valence-electron chi connectivity index (χ2n) is 5.38. The molecule has 2 rings (SSSR count). The van der Waals surface area contributed by atoms with Gasteiger partial charge in [0.25, 0.3) is 0 Å². The van der Waals surface area contributed by atoms with Crippen molar-refractivity contribution in [2.75, 3.05) is 18.1 Å². The van der Waals surface area contributed by atoms with E-state index in [9.17, 15) is 17.2 Å². The van der Waals surface area contributed by atoms with Crippen LogP contribution in [0.15, 0.2) is 16.6 Å². The van der Waals surface area contributed by atoms with E-state index in [0.717, 1.165) is 18.6 Å². The second-order valence-corrected chi connectivity index (χ2v) is 8.47. The predicted molar refractivity (Wildman–Crippen MR) is 81.9 cm³/mol. The molecular formula is C14H18BrF2NO2S. The first-order valence-electron chi connectivity index (χ1n) is 6.92. The van der Waals surface area contributed by atoms with Crippen LogP contribution >= 0.6 is 15.9 Å². The summed E-state index contributed by atoms with van der Waals surface area (Å²) >= 11 is 2.95. The molecule has 1 N–H and O–H groups in total. The first kappa shape index (κ1) is 16.8. The molecule has 2 unspecified atom stereocenters. The van der Waals surface area contributed by atoms with Crippen molar-refractivity contribution in [3.63, 3.8) is 0 Å². The Labute approximate surface area is 132 Å². The summed E-state index contributed by atoms with van der Waals surface area (Å²) in [6.07, 6.45) is 1.30. The van der Waals surface area contributed by atoms with Crippen LogP contribution in [0.1, 0.15) is 31.4 Å². The summed E-state index contributed by atoms with van der Waals surface area (Å²) in [7, 11) is -3.07. The molecule has 0 amide bonds. The summed E-state index contributed by atoms with van der Waals surface area (Å²) < 4.78 is 51.3. The highest BCUT2D eigenvalue weighted by atomic mass is 79.9. The van der Waals surface area contributed by atoms with E-state index in [0.29, 0.717) is 13.0 Å². The van der Waals surface area contributed by atoms with Crippen LogP contribution in [-0.2, 0) is 9.84 Å². The average Bonchev–Trinajstić information content (AvgIpc) is 2.76. The van der Waals surface area contributed by atoms with Crippen LogP contribution in [-0.4, -0.2) is 26.5 Å². The molecule has 0 aromatic heterocycles. The van der Waals surface area contributed by atoms with Gasteiger partial charge in [-0.1, -0.05) is 6.92 Å². The Kier molecular flexibility index (Phi) is 5.38. The monoisotopic (exact) mass is 381 g/mol. The minimum absolute atomic E-state index is 0.0193. The normalized spacial score (nSPS) is 22.4. The number of benzene rings is 1. The van der Waals surface area contributed by atoms with Gasteiger partial charge < -0.3 is 5.32 Å². The van der Waals surface area contributed by atoms with Crippen LogP contribution in [0.3, 0.4) is 0 Å². The van der Waals surface area contributed by atoms with Crippen molar-refractivity contribution in [3.05, 3.63) is 33.8 Å². The van der Waals surface area contributed by atoms with Crippen LogP contribution in [0.25, 0.3) is 0 Å².